The van der Waals surface area contributed by atoms with Crippen molar-refractivity contribution in [1.82, 2.24) is 15.0 Å². The first kappa shape index (κ1) is 13.5. The molecular weight excluding hydrogens is 278 g/mol. The van der Waals surface area contributed by atoms with Crippen molar-refractivity contribution in [3.63, 3.8) is 0 Å². The molecule has 5 heteroatoms. The molecule has 5 nitrogen and oxygen atoms in total. The quantitative estimate of drug-likeness (QED) is 0.874. The van der Waals surface area contributed by atoms with Crippen LogP contribution in [0.3, 0.4) is 0 Å². The fourth-order valence-corrected chi connectivity index (χ4v) is 3.63. The number of nitrogens with zero attached hydrogens (tertiary/aromatic N) is 3. The highest BCUT2D eigenvalue weighted by molar-refractivity contribution is 5.80. The van der Waals surface area contributed by atoms with Crippen molar-refractivity contribution in [2.45, 2.75) is 44.6 Å². The summed E-state index contributed by atoms with van der Waals surface area (Å²) < 4.78 is 5.33. The third-order valence-corrected chi connectivity index (χ3v) is 4.79. The number of aryl methyl sites for hydroxylation is 2. The number of fused-ring (bicyclic) bond motifs is 1. The van der Waals surface area contributed by atoms with Crippen molar-refractivity contribution < 1.29 is 9.32 Å². The van der Waals surface area contributed by atoms with Crippen LogP contribution in [0.1, 0.15) is 54.6 Å². The summed E-state index contributed by atoms with van der Waals surface area (Å²) in [4.78, 5) is 18.9. The van der Waals surface area contributed by atoms with E-state index < -0.39 is 0 Å². The van der Waals surface area contributed by atoms with Gasteiger partial charge in [0.2, 0.25) is 11.8 Å². The number of likely N-dealkylation sites (tertiary alicyclic amines) is 1. The van der Waals surface area contributed by atoms with Gasteiger partial charge in [-0.3, -0.25) is 4.79 Å². The van der Waals surface area contributed by atoms with Crippen LogP contribution in [0.5, 0.6) is 0 Å². The zero-order chi connectivity index (χ0) is 15.1. The number of carbonyl (C=O) groups excluding carboxylic acids is 1. The van der Waals surface area contributed by atoms with Crippen LogP contribution in [0.4, 0.5) is 0 Å². The van der Waals surface area contributed by atoms with E-state index in [1.54, 1.807) is 0 Å². The molecule has 2 atom stereocenters. The monoisotopic (exact) mass is 297 g/mol. The lowest BCUT2D eigenvalue weighted by molar-refractivity contribution is -0.129. The van der Waals surface area contributed by atoms with E-state index in [2.05, 4.69) is 34.4 Å². The van der Waals surface area contributed by atoms with Gasteiger partial charge in [0.1, 0.15) is 0 Å². The Balaban J connectivity index is 1.56. The minimum Gasteiger partial charge on any atom is -0.339 e. The Morgan fingerprint density at radius 2 is 2.23 bits per heavy atom. The minimum absolute atomic E-state index is 0.0352. The number of amides is 1. The molecule has 0 radical (unpaired) electrons. The average Bonchev–Trinajstić information content (AvgIpc) is 3.24. The van der Waals surface area contributed by atoms with Gasteiger partial charge in [0.15, 0.2) is 5.82 Å². The molecule has 1 amide bonds. The molecular formula is C17H19N3O2. The smallest absolute Gasteiger partial charge is 0.232 e. The topological polar surface area (TPSA) is 59.2 Å². The fourth-order valence-electron chi connectivity index (χ4n) is 3.63. The molecule has 2 heterocycles. The fraction of sp³-hybridized carbons (Fsp3) is 0.471. The third-order valence-electron chi connectivity index (χ3n) is 4.79. The van der Waals surface area contributed by atoms with Crippen LogP contribution < -0.4 is 0 Å². The second-order valence-electron chi connectivity index (χ2n) is 6.10. The van der Waals surface area contributed by atoms with Crippen LogP contribution in [0, 0.1) is 0 Å². The maximum atomic E-state index is 12.5. The van der Waals surface area contributed by atoms with E-state index in [0.29, 0.717) is 24.7 Å². The van der Waals surface area contributed by atoms with Crippen LogP contribution in [-0.2, 0) is 17.6 Å². The lowest BCUT2D eigenvalue weighted by atomic mass is 10.1. The number of aromatic nitrogens is 2. The van der Waals surface area contributed by atoms with Crippen molar-refractivity contribution in [1.29, 1.82) is 0 Å². The van der Waals surface area contributed by atoms with Crippen molar-refractivity contribution in [3.05, 3.63) is 47.1 Å². The molecule has 114 valence electrons. The van der Waals surface area contributed by atoms with E-state index in [9.17, 15) is 4.79 Å². The summed E-state index contributed by atoms with van der Waals surface area (Å²) in [7, 11) is 0. The van der Waals surface area contributed by atoms with Crippen molar-refractivity contribution >= 4 is 5.91 Å². The van der Waals surface area contributed by atoms with E-state index in [-0.39, 0.29) is 17.9 Å². The first-order chi connectivity index (χ1) is 10.8. The lowest BCUT2D eigenvalue weighted by Gasteiger charge is -2.25. The number of benzene rings is 1. The molecule has 1 aliphatic heterocycles. The largest absolute Gasteiger partial charge is 0.339 e. The summed E-state index contributed by atoms with van der Waals surface area (Å²) >= 11 is 0. The number of carbonyl (C=O) groups is 1. The van der Waals surface area contributed by atoms with Crippen LogP contribution >= 0.6 is 0 Å². The Hall–Kier alpha value is -2.17. The van der Waals surface area contributed by atoms with Gasteiger partial charge in [0.05, 0.1) is 12.0 Å². The summed E-state index contributed by atoms with van der Waals surface area (Å²) in [6.45, 7) is 2.68. The van der Waals surface area contributed by atoms with E-state index in [1.165, 1.54) is 11.1 Å². The summed E-state index contributed by atoms with van der Waals surface area (Å²) in [6, 6.07) is 8.65. The second kappa shape index (κ2) is 5.23. The van der Waals surface area contributed by atoms with Gasteiger partial charge in [-0.15, -0.1) is 0 Å². The van der Waals surface area contributed by atoms with Gasteiger partial charge in [-0.25, -0.2) is 0 Å². The van der Waals surface area contributed by atoms with Gasteiger partial charge >= 0.3 is 0 Å². The predicted octanol–water partition coefficient (Wildman–Crippen LogP) is 2.64. The summed E-state index contributed by atoms with van der Waals surface area (Å²) in [6.07, 6.45) is 3.30. The molecule has 1 saturated heterocycles. The Morgan fingerprint density at radius 3 is 3.05 bits per heavy atom. The molecule has 0 N–H and O–H groups in total. The molecule has 0 bridgehead atoms. The highest BCUT2D eigenvalue weighted by Crippen LogP contribution is 2.40. The van der Waals surface area contributed by atoms with E-state index in [1.807, 2.05) is 11.8 Å². The summed E-state index contributed by atoms with van der Waals surface area (Å²) in [5, 5.41) is 3.95. The average molecular weight is 297 g/mol. The maximum Gasteiger partial charge on any atom is 0.232 e. The van der Waals surface area contributed by atoms with Crippen molar-refractivity contribution in [2.75, 3.05) is 6.54 Å². The first-order valence-corrected chi connectivity index (χ1v) is 7.96. The van der Waals surface area contributed by atoms with Gasteiger partial charge in [-0.2, -0.15) is 4.98 Å². The van der Waals surface area contributed by atoms with E-state index in [0.717, 1.165) is 19.3 Å². The molecule has 0 saturated carbocycles. The number of hydrogen-bond donors (Lipinski definition) is 0. The Morgan fingerprint density at radius 1 is 1.36 bits per heavy atom. The van der Waals surface area contributed by atoms with Gasteiger partial charge in [-0.1, -0.05) is 36.3 Å². The molecule has 1 aromatic heterocycles. The molecule has 2 aromatic rings. The standard InChI is InChI=1S/C17H19N3O2/c1-2-15-18-17(22-19-15)12-9-16(21)20(10-12)14-8-7-11-5-3-4-6-13(11)14/h3-6,12,14H,2,7-10H2,1H3. The van der Waals surface area contributed by atoms with Gasteiger partial charge in [-0.05, 0) is 24.0 Å². The minimum atomic E-state index is 0.0352. The third kappa shape index (κ3) is 2.12. The zero-order valence-corrected chi connectivity index (χ0v) is 12.7. The van der Waals surface area contributed by atoms with Gasteiger partial charge < -0.3 is 9.42 Å². The zero-order valence-electron chi connectivity index (χ0n) is 12.7. The molecule has 1 fully saturated rings. The lowest BCUT2D eigenvalue weighted by Crippen LogP contribution is -2.28. The van der Waals surface area contributed by atoms with Crippen molar-refractivity contribution in [2.24, 2.45) is 0 Å². The predicted molar refractivity (Wildman–Crippen MR) is 80.3 cm³/mol. The molecule has 2 aliphatic rings. The summed E-state index contributed by atoms with van der Waals surface area (Å²) in [5.41, 5.74) is 2.67. The molecule has 1 aliphatic carbocycles. The highest BCUT2D eigenvalue weighted by Gasteiger charge is 2.40. The molecule has 4 rings (SSSR count). The van der Waals surface area contributed by atoms with Crippen LogP contribution in [-0.4, -0.2) is 27.5 Å². The molecule has 2 unspecified atom stereocenters. The van der Waals surface area contributed by atoms with Gasteiger partial charge in [0, 0.05) is 19.4 Å². The molecule has 1 aromatic carbocycles. The Bertz CT molecular complexity index is 709. The maximum absolute atomic E-state index is 12.5. The highest BCUT2D eigenvalue weighted by atomic mass is 16.5. The van der Waals surface area contributed by atoms with Crippen molar-refractivity contribution in [3.8, 4) is 0 Å². The van der Waals surface area contributed by atoms with Crippen LogP contribution in [0.2, 0.25) is 0 Å². The Kier molecular flexibility index (Phi) is 3.21. The van der Waals surface area contributed by atoms with Gasteiger partial charge in [0.25, 0.3) is 0 Å². The summed E-state index contributed by atoms with van der Waals surface area (Å²) in [5.74, 6) is 1.56. The molecule has 0 spiro atoms. The Labute approximate surface area is 129 Å². The van der Waals surface area contributed by atoms with Crippen LogP contribution in [0.25, 0.3) is 0 Å². The SMILES string of the molecule is CCc1noc(C2CC(=O)N(C3CCc4ccccc43)C2)n1. The van der Waals surface area contributed by atoms with Crippen LogP contribution in [0.15, 0.2) is 28.8 Å². The molecule has 22 heavy (non-hydrogen) atoms. The second-order valence-corrected chi connectivity index (χ2v) is 6.10. The first-order valence-electron chi connectivity index (χ1n) is 7.96. The van der Waals surface area contributed by atoms with E-state index in [4.69, 9.17) is 4.52 Å². The normalized spacial score (nSPS) is 24.0. The number of hydrogen-bond acceptors (Lipinski definition) is 4. The number of rotatable bonds is 3. The van der Waals surface area contributed by atoms with E-state index >= 15 is 0 Å².